The van der Waals surface area contributed by atoms with Crippen molar-refractivity contribution in [2.45, 2.75) is 112 Å². The van der Waals surface area contributed by atoms with Crippen molar-refractivity contribution in [1.82, 2.24) is 0 Å². The fourth-order valence-electron chi connectivity index (χ4n) is 2.87. The van der Waals surface area contributed by atoms with E-state index in [2.05, 4.69) is 9.98 Å². The molecule has 2 aliphatic rings. The second kappa shape index (κ2) is 22.0. The predicted molar refractivity (Wildman–Crippen MR) is 150 cm³/mol. The highest BCUT2D eigenvalue weighted by Gasteiger charge is 2.25. The molecule has 0 amide bonds. The van der Waals surface area contributed by atoms with Crippen LogP contribution in [0.15, 0.2) is 32.7 Å². The van der Waals surface area contributed by atoms with Crippen molar-refractivity contribution in [3.63, 3.8) is 0 Å². The van der Waals surface area contributed by atoms with Gasteiger partial charge in [-0.25, -0.2) is 9.98 Å². The maximum absolute atomic E-state index is 8.08. The predicted octanol–water partition coefficient (Wildman–Crippen LogP) is 5.39. The van der Waals surface area contributed by atoms with Gasteiger partial charge in [-0.2, -0.15) is 0 Å². The number of nitrogens with zero attached hydrogens (tertiary/aromatic N) is 2. The van der Waals surface area contributed by atoms with Gasteiger partial charge in [0.15, 0.2) is 12.1 Å². The van der Waals surface area contributed by atoms with Crippen molar-refractivity contribution in [3.05, 3.63) is 22.8 Å². The van der Waals surface area contributed by atoms with Crippen molar-refractivity contribution < 1.29 is 24.4 Å². The minimum atomic E-state index is -1.50. The molecule has 0 aromatic carbocycles. The Morgan fingerprint density at radius 1 is 1.11 bits per heavy atom. The number of hydrogen-bond donors (Lipinski definition) is 3. The van der Waals surface area contributed by atoms with E-state index < -0.39 is 5.79 Å². The lowest BCUT2D eigenvalue weighted by Gasteiger charge is -2.24. The van der Waals surface area contributed by atoms with Crippen LogP contribution in [0.1, 0.15) is 87.5 Å². The summed E-state index contributed by atoms with van der Waals surface area (Å²) in [7, 11) is 0. The summed E-state index contributed by atoms with van der Waals surface area (Å²) in [6, 6.07) is 0. The van der Waals surface area contributed by atoms with Gasteiger partial charge >= 0.3 is 0 Å². The molecule has 3 atom stereocenters. The largest absolute Gasteiger partial charge is 0.383 e. The van der Waals surface area contributed by atoms with Crippen LogP contribution in [0.25, 0.3) is 0 Å². The third-order valence-corrected chi connectivity index (χ3v) is 4.92. The molecule has 9 heteroatoms. The summed E-state index contributed by atoms with van der Waals surface area (Å²) in [6.45, 7) is 15.9. The minimum Gasteiger partial charge on any atom is -0.383 e. The molecule has 35 heavy (non-hydrogen) atoms. The van der Waals surface area contributed by atoms with Crippen molar-refractivity contribution in [3.8, 4) is 0 Å². The first-order valence-corrected chi connectivity index (χ1v) is 13.9. The number of hydrogen-bond acceptors (Lipinski definition) is 7. The zero-order valence-electron chi connectivity index (χ0n) is 23.4. The summed E-state index contributed by atoms with van der Waals surface area (Å²) in [5.74, 6) is -1.02. The molecule has 0 aromatic rings. The van der Waals surface area contributed by atoms with Gasteiger partial charge in [0.2, 0.25) is 0 Å². The van der Waals surface area contributed by atoms with Gasteiger partial charge in [-0.05, 0) is 83.1 Å². The maximum Gasteiger partial charge on any atom is 0.157 e. The fraction of sp³-hybridized carbons (Fsp3) is 0.769. The topological polar surface area (TPSA) is 119 Å². The van der Waals surface area contributed by atoms with Gasteiger partial charge in [-0.1, -0.05) is 27.7 Å². The van der Waals surface area contributed by atoms with E-state index in [1.54, 1.807) is 11.8 Å². The summed E-state index contributed by atoms with van der Waals surface area (Å²) in [5, 5.41) is 18.1. The van der Waals surface area contributed by atoms with Crippen LogP contribution in [-0.2, 0) is 14.2 Å². The third-order valence-electron chi connectivity index (χ3n) is 4.33. The second-order valence-corrected chi connectivity index (χ2v) is 8.81. The molecule has 0 saturated carbocycles. The number of nitrogens with two attached hydrogens (primary N) is 1. The molecule has 8 nitrogen and oxygen atoms in total. The molecule has 0 radical (unpaired) electrons. The number of thioether (sulfide) groups is 1. The molecule has 2 heterocycles. The number of ether oxygens (including phenoxy) is 3. The van der Waals surface area contributed by atoms with Gasteiger partial charge in [0.25, 0.3) is 0 Å². The van der Waals surface area contributed by atoms with E-state index in [-0.39, 0.29) is 18.5 Å². The number of aliphatic hydroxyl groups is 2. The molecule has 0 aromatic heterocycles. The van der Waals surface area contributed by atoms with Crippen molar-refractivity contribution in [2.75, 3.05) is 19.5 Å². The molecule has 4 N–H and O–H groups in total. The molecule has 2 aliphatic heterocycles. The van der Waals surface area contributed by atoms with Crippen LogP contribution in [0, 0.1) is 0 Å². The van der Waals surface area contributed by atoms with Crippen molar-refractivity contribution in [1.29, 1.82) is 0 Å². The Bertz CT molecular complexity index is 633. The van der Waals surface area contributed by atoms with Crippen molar-refractivity contribution >= 4 is 23.9 Å². The zero-order valence-corrected chi connectivity index (χ0v) is 24.2. The van der Waals surface area contributed by atoms with E-state index >= 15 is 0 Å². The summed E-state index contributed by atoms with van der Waals surface area (Å²) in [5.41, 5.74) is 7.68. The normalized spacial score (nSPS) is 23.5. The molecule has 0 bridgehead atoms. The van der Waals surface area contributed by atoms with Crippen LogP contribution in [-0.4, -0.2) is 66.1 Å². The molecular weight excluding hydrogens is 466 g/mol. The van der Waals surface area contributed by atoms with Crippen LogP contribution in [0.3, 0.4) is 0 Å². The van der Waals surface area contributed by atoms with Gasteiger partial charge in [-0.3, -0.25) is 0 Å². The Labute approximate surface area is 218 Å². The number of amidine groups is 1. The zero-order chi connectivity index (χ0) is 27.3. The Kier molecular flexibility index (Phi) is 22.6. The molecule has 206 valence electrons. The molecule has 0 spiro atoms. The number of allylic oxidation sites excluding steroid dienone is 1. The van der Waals surface area contributed by atoms with Gasteiger partial charge in [0.05, 0.1) is 18.8 Å². The van der Waals surface area contributed by atoms with E-state index in [1.165, 1.54) is 26.6 Å². The van der Waals surface area contributed by atoms with Crippen LogP contribution >= 0.6 is 11.8 Å². The summed E-state index contributed by atoms with van der Waals surface area (Å²) < 4.78 is 17.4. The number of aliphatic imine (C=N–C) groups is 2. The number of rotatable bonds is 8. The second-order valence-electron chi connectivity index (χ2n) is 8.10. The lowest BCUT2D eigenvalue weighted by Crippen LogP contribution is -2.27. The van der Waals surface area contributed by atoms with Gasteiger partial charge in [0.1, 0.15) is 12.2 Å². The first-order chi connectivity index (χ1) is 16.6. The Morgan fingerprint density at radius 3 is 2.29 bits per heavy atom. The van der Waals surface area contributed by atoms with Gasteiger partial charge < -0.3 is 30.2 Å². The van der Waals surface area contributed by atoms with Crippen LogP contribution < -0.4 is 5.73 Å². The van der Waals surface area contributed by atoms with Crippen LogP contribution in [0.4, 0.5) is 0 Å². The van der Waals surface area contributed by atoms with Gasteiger partial charge in [0, 0.05) is 12.3 Å². The Morgan fingerprint density at radius 2 is 1.74 bits per heavy atom. The van der Waals surface area contributed by atoms with E-state index in [9.17, 15) is 0 Å². The molecule has 2 saturated heterocycles. The van der Waals surface area contributed by atoms with E-state index in [0.717, 1.165) is 43.6 Å². The summed E-state index contributed by atoms with van der Waals surface area (Å²) in [6.07, 6.45) is 10.9. The van der Waals surface area contributed by atoms with E-state index in [4.69, 9.17) is 30.2 Å². The monoisotopic (exact) mass is 517 g/mol. The molecule has 2 fully saturated rings. The molecule has 2 unspecified atom stereocenters. The Balaban J connectivity index is 0. The van der Waals surface area contributed by atoms with Crippen molar-refractivity contribution in [2.24, 2.45) is 15.7 Å². The first kappa shape index (κ1) is 35.9. The average Bonchev–Trinajstić information content (AvgIpc) is 3.27. The minimum absolute atomic E-state index is 0.0554. The average molecular weight is 518 g/mol. The smallest absolute Gasteiger partial charge is 0.157 e. The highest BCUT2D eigenvalue weighted by molar-refractivity contribution is 8.01. The van der Waals surface area contributed by atoms with E-state index in [0.29, 0.717) is 12.4 Å². The first-order valence-electron chi connectivity index (χ1n) is 12.7. The van der Waals surface area contributed by atoms with Crippen LogP contribution in [0.5, 0.6) is 0 Å². The van der Waals surface area contributed by atoms with Gasteiger partial charge in [-0.15, -0.1) is 11.8 Å². The summed E-state index contributed by atoms with van der Waals surface area (Å²) in [4.78, 5) is 8.48. The standard InChI is InChI=1S/C19H31N3O3S.C3H8O2.2C2H6/c1-14(12-26-3)19(20)22-13-21-15(2)10-16-7-8-17(25-16)11-24-18-6-4-5-9-23-18;1-3(2,4)5;2*1-2/h10,12-13,16-18H,4-9,11H2,1-3H3,(H2,20,21,22);4-5H,1-2H3;2*1-2H3/b14-12+,15-10-;;;/t16-,17?,18?;;;/m1.../s1. The highest BCUT2D eigenvalue weighted by atomic mass is 32.2. The summed E-state index contributed by atoms with van der Waals surface area (Å²) >= 11 is 1.60. The fourth-order valence-corrected chi connectivity index (χ4v) is 3.34. The Hall–Kier alpha value is -1.23. The quantitative estimate of drug-likeness (QED) is 0.224. The SMILES string of the molecule is CC.CC.CC(C)(O)O.CS/C=C(\C)C(N)=NC=N/C(C)=C\[C@H]1CCC(COC2CCCCO2)O1. The lowest BCUT2D eigenvalue weighted by molar-refractivity contribution is -0.177. The molecule has 0 aliphatic carbocycles. The lowest BCUT2D eigenvalue weighted by atomic mass is 10.2. The molecule has 2 rings (SSSR count). The van der Waals surface area contributed by atoms with Crippen LogP contribution in [0.2, 0.25) is 0 Å². The highest BCUT2D eigenvalue weighted by Crippen LogP contribution is 2.23. The van der Waals surface area contributed by atoms with E-state index in [1.807, 2.05) is 59.3 Å². The molecular formula is C26H51N3O5S. The maximum atomic E-state index is 8.08. The third kappa shape index (κ3) is 21.7.